The van der Waals surface area contributed by atoms with Crippen LogP contribution in [-0.4, -0.2) is 43.3 Å². The van der Waals surface area contributed by atoms with Crippen LogP contribution in [0.4, 0.5) is 11.4 Å². The zero-order chi connectivity index (χ0) is 20.0. The Bertz CT molecular complexity index is 1010. The molecule has 0 aromatic heterocycles. The summed E-state index contributed by atoms with van der Waals surface area (Å²) in [5.74, 6) is 0.318. The Hall–Kier alpha value is -2.41. The van der Waals surface area contributed by atoms with Gasteiger partial charge in [0.05, 0.1) is 28.7 Å². The summed E-state index contributed by atoms with van der Waals surface area (Å²) in [4.78, 5) is 17.1. The van der Waals surface area contributed by atoms with Gasteiger partial charge in [0.1, 0.15) is 0 Å². The van der Waals surface area contributed by atoms with Crippen LogP contribution in [0.5, 0.6) is 0 Å². The maximum atomic E-state index is 12.0. The number of piperidine rings is 1. The Labute approximate surface area is 175 Å². The molecule has 1 saturated carbocycles. The van der Waals surface area contributed by atoms with Crippen molar-refractivity contribution in [2.45, 2.75) is 24.5 Å². The Morgan fingerprint density at radius 3 is 3.03 bits per heavy atom. The molecule has 1 aliphatic carbocycles. The van der Waals surface area contributed by atoms with Gasteiger partial charge in [-0.1, -0.05) is 23.7 Å². The van der Waals surface area contributed by atoms with Crippen LogP contribution < -0.4 is 21.3 Å². The van der Waals surface area contributed by atoms with Crippen LogP contribution in [0.25, 0.3) is 0 Å². The number of fused-ring (bicyclic) bond motifs is 1. The van der Waals surface area contributed by atoms with Crippen molar-refractivity contribution < 1.29 is 4.79 Å². The van der Waals surface area contributed by atoms with E-state index in [0.29, 0.717) is 11.5 Å². The molecule has 1 saturated heterocycles. The molecule has 4 N–H and O–H groups in total. The number of rotatable bonds is 4. The summed E-state index contributed by atoms with van der Waals surface area (Å²) in [5.41, 5.74) is 4.66. The van der Waals surface area contributed by atoms with Gasteiger partial charge < -0.3 is 21.3 Å². The lowest BCUT2D eigenvalue weighted by Gasteiger charge is -2.60. The number of anilines is 1. The largest absolute Gasteiger partial charge is 0.372 e. The Morgan fingerprint density at radius 2 is 2.21 bits per heavy atom. The molecular weight excluding hydrogens is 386 g/mol. The van der Waals surface area contributed by atoms with E-state index in [1.807, 2.05) is 36.4 Å². The van der Waals surface area contributed by atoms with Gasteiger partial charge in [0.25, 0.3) is 5.91 Å². The lowest BCUT2D eigenvalue weighted by molar-refractivity contribution is 0.0963. The van der Waals surface area contributed by atoms with E-state index in [2.05, 4.69) is 27.3 Å². The number of hydrogen-bond donors (Lipinski definition) is 4. The van der Waals surface area contributed by atoms with Crippen LogP contribution in [0, 0.1) is 5.92 Å². The highest BCUT2D eigenvalue weighted by Crippen LogP contribution is 2.49. The lowest BCUT2D eigenvalue weighted by Crippen LogP contribution is -2.79. The molecule has 0 bridgehead atoms. The van der Waals surface area contributed by atoms with E-state index in [4.69, 9.17) is 16.6 Å². The van der Waals surface area contributed by atoms with Gasteiger partial charge in [0, 0.05) is 36.6 Å². The van der Waals surface area contributed by atoms with E-state index in [1.54, 1.807) is 7.05 Å². The van der Waals surface area contributed by atoms with Crippen molar-refractivity contribution in [2.24, 2.45) is 10.9 Å². The van der Waals surface area contributed by atoms with Gasteiger partial charge in [0.15, 0.2) is 0 Å². The topological polar surface area (TPSA) is 77.5 Å². The van der Waals surface area contributed by atoms with Gasteiger partial charge >= 0.3 is 0 Å². The summed E-state index contributed by atoms with van der Waals surface area (Å²) in [6.07, 6.45) is 1.00. The second-order valence-electron chi connectivity index (χ2n) is 7.95. The molecule has 5 rings (SSSR count). The third-order valence-corrected chi connectivity index (χ3v) is 6.58. The Kier molecular flexibility index (Phi) is 4.57. The SMILES string of the molecule is CNC(=O)c1ccc2c(c1)N=C1C(NCc3cccc(Cl)c3)C3CNCCC13N2. The highest BCUT2D eigenvalue weighted by Gasteiger charge is 2.61. The summed E-state index contributed by atoms with van der Waals surface area (Å²) in [6, 6.07) is 13.8. The van der Waals surface area contributed by atoms with Gasteiger partial charge in [-0.25, -0.2) is 0 Å². The molecule has 1 amide bonds. The van der Waals surface area contributed by atoms with E-state index < -0.39 is 0 Å². The number of amides is 1. The summed E-state index contributed by atoms with van der Waals surface area (Å²) >= 11 is 6.13. The number of halogens is 1. The first-order valence-corrected chi connectivity index (χ1v) is 10.4. The zero-order valence-corrected chi connectivity index (χ0v) is 17.0. The maximum Gasteiger partial charge on any atom is 0.251 e. The minimum atomic E-state index is -0.0997. The molecule has 2 aromatic rings. The van der Waals surface area contributed by atoms with E-state index in [9.17, 15) is 4.79 Å². The highest BCUT2D eigenvalue weighted by molar-refractivity contribution is 6.30. The molecule has 3 unspecified atom stereocenters. The molecule has 3 atom stereocenters. The van der Waals surface area contributed by atoms with Gasteiger partial charge in [0.2, 0.25) is 0 Å². The molecule has 1 spiro atoms. The number of nitrogens with one attached hydrogen (secondary N) is 4. The van der Waals surface area contributed by atoms with Crippen LogP contribution in [0.15, 0.2) is 47.5 Å². The smallest absolute Gasteiger partial charge is 0.251 e. The number of benzene rings is 2. The number of carbonyl (C=O) groups excluding carboxylic acids is 1. The predicted molar refractivity (Wildman–Crippen MR) is 116 cm³/mol. The second kappa shape index (κ2) is 7.13. The fourth-order valence-corrected chi connectivity index (χ4v) is 5.10. The molecule has 3 aliphatic rings. The summed E-state index contributed by atoms with van der Waals surface area (Å²) in [5, 5.41) is 14.4. The third kappa shape index (κ3) is 3.03. The molecular formula is C22H24ClN5O. The molecule has 0 radical (unpaired) electrons. The standard InChI is InChI=1S/C22H24ClN5O/c1-24-21(29)14-5-6-17-18(10-14)27-20-19(16-12-25-8-7-22(16,20)28-17)26-11-13-3-2-4-15(23)9-13/h2-6,9-10,16,19,25-26,28H,7-8,11-12H2,1H3,(H,24,29). The van der Waals surface area contributed by atoms with E-state index in [0.717, 1.165) is 53.7 Å². The second-order valence-corrected chi connectivity index (χ2v) is 8.39. The summed E-state index contributed by atoms with van der Waals surface area (Å²) in [6.45, 7) is 2.65. The Balaban J connectivity index is 1.45. The first kappa shape index (κ1) is 18.6. The van der Waals surface area contributed by atoms with Crippen LogP contribution >= 0.6 is 11.6 Å². The summed E-state index contributed by atoms with van der Waals surface area (Å²) in [7, 11) is 1.64. The van der Waals surface area contributed by atoms with Crippen LogP contribution in [0.2, 0.25) is 5.02 Å². The van der Waals surface area contributed by atoms with Crippen LogP contribution in [0.1, 0.15) is 22.3 Å². The molecule has 2 aliphatic heterocycles. The third-order valence-electron chi connectivity index (χ3n) is 6.35. The normalized spacial score (nSPS) is 26.8. The lowest BCUT2D eigenvalue weighted by atomic mass is 9.57. The zero-order valence-electron chi connectivity index (χ0n) is 16.3. The summed E-state index contributed by atoms with van der Waals surface area (Å²) < 4.78 is 0. The van der Waals surface area contributed by atoms with E-state index in [1.165, 1.54) is 0 Å². The molecule has 29 heavy (non-hydrogen) atoms. The molecule has 6 nitrogen and oxygen atoms in total. The van der Waals surface area contributed by atoms with Crippen molar-refractivity contribution in [1.29, 1.82) is 0 Å². The molecule has 7 heteroatoms. The molecule has 2 fully saturated rings. The van der Waals surface area contributed by atoms with Crippen LogP contribution in [-0.2, 0) is 6.54 Å². The van der Waals surface area contributed by atoms with Gasteiger partial charge in [-0.3, -0.25) is 9.79 Å². The number of hydrogen-bond acceptors (Lipinski definition) is 5. The fourth-order valence-electron chi connectivity index (χ4n) is 4.88. The predicted octanol–water partition coefficient (Wildman–Crippen LogP) is 2.72. The van der Waals surface area contributed by atoms with Crippen LogP contribution in [0.3, 0.4) is 0 Å². The minimum Gasteiger partial charge on any atom is -0.372 e. The van der Waals surface area contributed by atoms with Crippen molar-refractivity contribution in [1.82, 2.24) is 16.0 Å². The maximum absolute atomic E-state index is 12.0. The quantitative estimate of drug-likeness (QED) is 0.626. The first-order chi connectivity index (χ1) is 14.1. The van der Waals surface area contributed by atoms with Crippen molar-refractivity contribution in [3.8, 4) is 0 Å². The first-order valence-electron chi connectivity index (χ1n) is 10.0. The molecule has 2 aromatic carbocycles. The van der Waals surface area contributed by atoms with Crippen molar-refractivity contribution in [2.75, 3.05) is 25.5 Å². The minimum absolute atomic E-state index is 0.0984. The van der Waals surface area contributed by atoms with Crippen molar-refractivity contribution in [3.63, 3.8) is 0 Å². The van der Waals surface area contributed by atoms with Gasteiger partial charge in [-0.05, 0) is 48.9 Å². The average Bonchev–Trinajstić information content (AvgIpc) is 2.73. The van der Waals surface area contributed by atoms with Gasteiger partial charge in [-0.2, -0.15) is 0 Å². The fraction of sp³-hybridized carbons (Fsp3) is 0.364. The number of aliphatic imine (C=N–C) groups is 1. The Morgan fingerprint density at radius 1 is 1.31 bits per heavy atom. The van der Waals surface area contributed by atoms with Crippen molar-refractivity contribution >= 4 is 34.6 Å². The molecule has 2 heterocycles. The molecule has 150 valence electrons. The number of nitrogens with zero attached hydrogens (tertiary/aromatic N) is 1. The average molecular weight is 410 g/mol. The van der Waals surface area contributed by atoms with Gasteiger partial charge in [-0.15, -0.1) is 0 Å². The highest BCUT2D eigenvalue weighted by atomic mass is 35.5. The van der Waals surface area contributed by atoms with E-state index >= 15 is 0 Å². The van der Waals surface area contributed by atoms with Crippen molar-refractivity contribution in [3.05, 3.63) is 58.6 Å². The number of carbonyl (C=O) groups is 1. The monoisotopic (exact) mass is 409 g/mol. The van der Waals surface area contributed by atoms with E-state index in [-0.39, 0.29) is 17.5 Å².